The highest BCUT2D eigenvalue weighted by atomic mass is 32.2. The lowest BCUT2D eigenvalue weighted by Crippen LogP contribution is -2.16. The fourth-order valence-corrected chi connectivity index (χ4v) is 3.88. The number of hydrogen-bond acceptors (Lipinski definition) is 5. The Hall–Kier alpha value is -2.84. The van der Waals surface area contributed by atoms with Gasteiger partial charge in [-0.15, -0.1) is 0 Å². The van der Waals surface area contributed by atoms with Crippen molar-refractivity contribution in [3.8, 4) is 11.4 Å². The second-order valence-corrected chi connectivity index (χ2v) is 7.97. The first-order valence-corrected chi connectivity index (χ1v) is 10.3. The van der Waals surface area contributed by atoms with E-state index in [0.29, 0.717) is 24.8 Å². The van der Waals surface area contributed by atoms with Gasteiger partial charge in [0.1, 0.15) is 18.2 Å². The fraction of sp³-hybridized carbons (Fsp3) is 0.250. The molecule has 28 heavy (non-hydrogen) atoms. The predicted molar refractivity (Wildman–Crippen MR) is 108 cm³/mol. The average Bonchev–Trinajstić information content (AvgIpc) is 3.10. The number of anilines is 1. The van der Waals surface area contributed by atoms with Crippen LogP contribution in [0.2, 0.25) is 0 Å². The van der Waals surface area contributed by atoms with Crippen LogP contribution in [-0.4, -0.2) is 38.5 Å². The molecule has 0 saturated heterocycles. The molecular weight excluding hydrogens is 378 g/mol. The van der Waals surface area contributed by atoms with Crippen LogP contribution >= 0.6 is 0 Å². The topological polar surface area (TPSA) is 82.4 Å². The van der Waals surface area contributed by atoms with Crippen LogP contribution in [0, 0.1) is 13.8 Å². The molecule has 0 aliphatic carbocycles. The molecule has 0 radical (unpaired) electrons. The standard InChI is InChI=1S/C20H23N3O4S/c1-15-6-4-5-7-18(15)23-20(10-11-21-23)22-28(24,25)17-8-9-19(16(2)14-17)27-13-12-26-3/h4-11,14,22H,12-13H2,1-3H3. The van der Waals surface area contributed by atoms with Gasteiger partial charge in [-0.1, -0.05) is 18.2 Å². The maximum atomic E-state index is 12.9. The van der Waals surface area contributed by atoms with Crippen molar-refractivity contribution in [2.24, 2.45) is 0 Å². The molecule has 0 fully saturated rings. The Morgan fingerprint density at radius 1 is 1.04 bits per heavy atom. The van der Waals surface area contributed by atoms with Crippen LogP contribution in [0.4, 0.5) is 5.82 Å². The third-order valence-electron chi connectivity index (χ3n) is 4.23. The highest BCUT2D eigenvalue weighted by molar-refractivity contribution is 7.92. The number of nitrogens with zero attached hydrogens (tertiary/aromatic N) is 2. The van der Waals surface area contributed by atoms with Gasteiger partial charge in [0.15, 0.2) is 0 Å². The maximum Gasteiger partial charge on any atom is 0.263 e. The van der Waals surface area contributed by atoms with Gasteiger partial charge in [0.2, 0.25) is 0 Å². The van der Waals surface area contributed by atoms with Crippen LogP contribution in [0.15, 0.2) is 59.6 Å². The average molecular weight is 401 g/mol. The van der Waals surface area contributed by atoms with Gasteiger partial charge in [0.05, 0.1) is 23.4 Å². The van der Waals surface area contributed by atoms with Gasteiger partial charge in [0, 0.05) is 13.2 Å². The zero-order valence-corrected chi connectivity index (χ0v) is 16.9. The molecule has 0 saturated carbocycles. The summed E-state index contributed by atoms with van der Waals surface area (Å²) in [5.74, 6) is 0.994. The van der Waals surface area contributed by atoms with E-state index in [1.165, 1.54) is 6.07 Å². The molecule has 0 amide bonds. The van der Waals surface area contributed by atoms with Crippen molar-refractivity contribution < 1.29 is 17.9 Å². The first kappa shape index (κ1) is 19.9. The van der Waals surface area contributed by atoms with Crippen LogP contribution in [0.5, 0.6) is 5.75 Å². The number of aromatic nitrogens is 2. The van der Waals surface area contributed by atoms with E-state index in [1.54, 1.807) is 43.1 Å². The molecule has 0 unspecified atom stereocenters. The van der Waals surface area contributed by atoms with Gasteiger partial charge in [-0.3, -0.25) is 4.72 Å². The second-order valence-electron chi connectivity index (χ2n) is 6.29. The molecule has 148 valence electrons. The minimum absolute atomic E-state index is 0.154. The Balaban J connectivity index is 1.85. The van der Waals surface area contributed by atoms with Crippen molar-refractivity contribution >= 4 is 15.8 Å². The third kappa shape index (κ3) is 4.35. The first-order valence-electron chi connectivity index (χ1n) is 8.77. The molecule has 0 aliphatic rings. The third-order valence-corrected chi connectivity index (χ3v) is 5.58. The van der Waals surface area contributed by atoms with Crippen molar-refractivity contribution in [3.05, 3.63) is 65.9 Å². The van der Waals surface area contributed by atoms with E-state index in [9.17, 15) is 8.42 Å². The quantitative estimate of drug-likeness (QED) is 0.586. The van der Waals surface area contributed by atoms with E-state index in [0.717, 1.165) is 16.8 Å². The molecule has 0 spiro atoms. The maximum absolute atomic E-state index is 12.9. The van der Waals surface area contributed by atoms with Gasteiger partial charge >= 0.3 is 0 Å². The molecule has 0 aliphatic heterocycles. The number of benzene rings is 2. The molecular formula is C20H23N3O4S. The predicted octanol–water partition coefficient (Wildman–Crippen LogP) is 3.32. The summed E-state index contributed by atoms with van der Waals surface area (Å²) in [6.07, 6.45) is 1.56. The summed E-state index contributed by atoms with van der Waals surface area (Å²) in [5, 5.41) is 4.26. The van der Waals surface area contributed by atoms with Crippen LogP contribution in [-0.2, 0) is 14.8 Å². The van der Waals surface area contributed by atoms with Gasteiger partial charge in [-0.25, -0.2) is 13.1 Å². The summed E-state index contributed by atoms with van der Waals surface area (Å²) >= 11 is 0. The van der Waals surface area contributed by atoms with E-state index in [1.807, 2.05) is 31.2 Å². The van der Waals surface area contributed by atoms with Crippen molar-refractivity contribution in [1.82, 2.24) is 9.78 Å². The Bertz CT molecular complexity index is 1060. The van der Waals surface area contributed by atoms with Crippen molar-refractivity contribution in [1.29, 1.82) is 0 Å². The molecule has 0 bridgehead atoms. The van der Waals surface area contributed by atoms with Gasteiger partial charge in [-0.2, -0.15) is 5.10 Å². The lowest BCUT2D eigenvalue weighted by atomic mass is 10.2. The number of rotatable bonds is 8. The molecule has 7 nitrogen and oxygen atoms in total. The summed E-state index contributed by atoms with van der Waals surface area (Å²) in [6, 6.07) is 14.0. The van der Waals surface area contributed by atoms with Gasteiger partial charge in [0.25, 0.3) is 10.0 Å². The molecule has 0 atom stereocenters. The molecule has 1 heterocycles. The van der Waals surface area contributed by atoms with E-state index >= 15 is 0 Å². The summed E-state index contributed by atoms with van der Waals surface area (Å²) in [4.78, 5) is 0.154. The van der Waals surface area contributed by atoms with E-state index in [4.69, 9.17) is 9.47 Å². The van der Waals surface area contributed by atoms with E-state index in [-0.39, 0.29) is 4.90 Å². The van der Waals surface area contributed by atoms with E-state index in [2.05, 4.69) is 9.82 Å². The first-order chi connectivity index (χ1) is 13.4. The number of hydrogen-bond donors (Lipinski definition) is 1. The van der Waals surface area contributed by atoms with Crippen molar-refractivity contribution in [3.63, 3.8) is 0 Å². The zero-order valence-electron chi connectivity index (χ0n) is 16.0. The molecule has 2 aromatic carbocycles. The second kappa shape index (κ2) is 8.45. The largest absolute Gasteiger partial charge is 0.491 e. The number of methoxy groups -OCH3 is 1. The van der Waals surface area contributed by atoms with Crippen LogP contribution in [0.1, 0.15) is 11.1 Å². The summed E-state index contributed by atoms with van der Waals surface area (Å²) in [5.41, 5.74) is 2.52. The van der Waals surface area contributed by atoms with Crippen LogP contribution < -0.4 is 9.46 Å². The summed E-state index contributed by atoms with van der Waals surface area (Å²) < 4.78 is 40.5. The normalized spacial score (nSPS) is 11.4. The zero-order chi connectivity index (χ0) is 20.1. The minimum Gasteiger partial charge on any atom is -0.491 e. The Labute approximate surface area is 165 Å². The highest BCUT2D eigenvalue weighted by Gasteiger charge is 2.19. The SMILES string of the molecule is COCCOc1ccc(S(=O)(=O)Nc2ccnn2-c2ccccc2C)cc1C. The van der Waals surface area contributed by atoms with E-state index < -0.39 is 10.0 Å². The summed E-state index contributed by atoms with van der Waals surface area (Å²) in [7, 11) is -2.19. The van der Waals surface area contributed by atoms with Crippen LogP contribution in [0.3, 0.4) is 0 Å². The van der Waals surface area contributed by atoms with Crippen molar-refractivity contribution in [2.45, 2.75) is 18.7 Å². The molecule has 8 heteroatoms. The number of nitrogens with one attached hydrogen (secondary N) is 1. The molecule has 3 aromatic rings. The molecule has 1 aromatic heterocycles. The van der Waals surface area contributed by atoms with Gasteiger partial charge in [-0.05, 0) is 49.2 Å². The monoisotopic (exact) mass is 401 g/mol. The van der Waals surface area contributed by atoms with Crippen LogP contribution in [0.25, 0.3) is 5.69 Å². The van der Waals surface area contributed by atoms with Crippen molar-refractivity contribution in [2.75, 3.05) is 25.0 Å². The highest BCUT2D eigenvalue weighted by Crippen LogP contribution is 2.25. The minimum atomic E-state index is -3.78. The summed E-state index contributed by atoms with van der Waals surface area (Å²) in [6.45, 7) is 4.61. The smallest absolute Gasteiger partial charge is 0.263 e. The molecule has 1 N–H and O–H groups in total. The number of sulfonamides is 1. The Morgan fingerprint density at radius 2 is 1.82 bits per heavy atom. The molecule has 3 rings (SSSR count). The number of aryl methyl sites for hydroxylation is 2. The Kier molecular flexibility index (Phi) is 6.01. The fourth-order valence-electron chi connectivity index (χ4n) is 2.76. The Morgan fingerprint density at radius 3 is 2.54 bits per heavy atom. The van der Waals surface area contributed by atoms with Gasteiger partial charge < -0.3 is 9.47 Å². The lowest BCUT2D eigenvalue weighted by Gasteiger charge is -2.14. The number of ether oxygens (including phenoxy) is 2. The lowest BCUT2D eigenvalue weighted by molar-refractivity contribution is 0.146. The number of para-hydroxylation sites is 1.